The fourth-order valence-electron chi connectivity index (χ4n) is 3.32. The highest BCUT2D eigenvalue weighted by atomic mass is 19.1. The van der Waals surface area contributed by atoms with Crippen molar-refractivity contribution >= 4 is 11.9 Å². The molecule has 2 aromatic rings. The Morgan fingerprint density at radius 3 is 2.37 bits per heavy atom. The average molecular weight is 370 g/mol. The van der Waals surface area contributed by atoms with Gasteiger partial charge in [0.2, 0.25) is 0 Å². The van der Waals surface area contributed by atoms with Gasteiger partial charge >= 0.3 is 6.03 Å². The molecule has 1 N–H and O–H groups in total. The predicted molar refractivity (Wildman–Crippen MR) is 99.8 cm³/mol. The Bertz CT molecular complexity index is 866. The molecule has 0 radical (unpaired) electrons. The van der Waals surface area contributed by atoms with Crippen LogP contribution >= 0.6 is 0 Å². The molecular formula is C21H23FN2O3. The number of rotatable bonds is 6. The highest BCUT2D eigenvalue weighted by Crippen LogP contribution is 2.30. The highest BCUT2D eigenvalue weighted by molar-refractivity contribution is 6.07. The Morgan fingerprint density at radius 1 is 1.11 bits per heavy atom. The van der Waals surface area contributed by atoms with Crippen LogP contribution in [0.15, 0.2) is 42.5 Å². The van der Waals surface area contributed by atoms with Gasteiger partial charge in [0, 0.05) is 0 Å². The van der Waals surface area contributed by atoms with E-state index in [2.05, 4.69) is 12.2 Å². The molecule has 1 atom stereocenters. The molecule has 0 spiro atoms. The van der Waals surface area contributed by atoms with E-state index in [0.29, 0.717) is 5.56 Å². The van der Waals surface area contributed by atoms with Crippen LogP contribution in [-0.4, -0.2) is 23.9 Å². The van der Waals surface area contributed by atoms with E-state index in [1.54, 1.807) is 13.0 Å². The van der Waals surface area contributed by atoms with Crippen molar-refractivity contribution in [1.82, 2.24) is 10.2 Å². The molecule has 1 heterocycles. The lowest BCUT2D eigenvalue weighted by atomic mass is 9.91. The number of hydrogen-bond donors (Lipinski definition) is 1. The molecule has 0 bridgehead atoms. The van der Waals surface area contributed by atoms with Crippen LogP contribution in [0.25, 0.3) is 0 Å². The number of amides is 3. The minimum atomic E-state index is -1.13. The third kappa shape index (κ3) is 3.52. The van der Waals surface area contributed by atoms with Gasteiger partial charge in [-0.15, -0.1) is 0 Å². The Hall–Kier alpha value is -2.89. The first-order valence-corrected chi connectivity index (χ1v) is 8.95. The van der Waals surface area contributed by atoms with Gasteiger partial charge in [0.25, 0.3) is 5.91 Å². The topological polar surface area (TPSA) is 58.6 Å². The first kappa shape index (κ1) is 18.9. The minimum Gasteiger partial charge on any atom is -0.494 e. The van der Waals surface area contributed by atoms with E-state index in [0.717, 1.165) is 23.3 Å². The van der Waals surface area contributed by atoms with Gasteiger partial charge in [0.15, 0.2) is 11.6 Å². The average Bonchev–Trinajstić information content (AvgIpc) is 2.87. The normalized spacial score (nSPS) is 19.3. The van der Waals surface area contributed by atoms with E-state index in [1.807, 2.05) is 24.3 Å². The number of carbonyl (C=O) groups excluding carboxylic acids is 2. The zero-order valence-corrected chi connectivity index (χ0v) is 15.7. The van der Waals surface area contributed by atoms with Crippen molar-refractivity contribution in [2.45, 2.75) is 38.8 Å². The van der Waals surface area contributed by atoms with E-state index < -0.39 is 17.4 Å². The van der Waals surface area contributed by atoms with Gasteiger partial charge in [-0.25, -0.2) is 9.18 Å². The molecule has 0 aromatic heterocycles. The number of methoxy groups -OCH3 is 1. The maximum Gasteiger partial charge on any atom is 0.325 e. The molecule has 2 aromatic carbocycles. The summed E-state index contributed by atoms with van der Waals surface area (Å²) in [5, 5.41) is 2.77. The van der Waals surface area contributed by atoms with Crippen molar-refractivity contribution in [2.24, 2.45) is 0 Å². The Labute approximate surface area is 158 Å². The minimum absolute atomic E-state index is 0.00487. The van der Waals surface area contributed by atoms with E-state index >= 15 is 0 Å². The molecule has 0 unspecified atom stereocenters. The summed E-state index contributed by atoms with van der Waals surface area (Å²) in [6.07, 6.45) is 2.00. The second kappa shape index (κ2) is 7.39. The third-order valence-electron chi connectivity index (χ3n) is 4.90. The number of nitrogens with zero attached hydrogens (tertiary/aromatic N) is 1. The second-order valence-corrected chi connectivity index (χ2v) is 6.86. The predicted octanol–water partition coefficient (Wildman–Crippen LogP) is 3.75. The zero-order chi connectivity index (χ0) is 19.6. The summed E-state index contributed by atoms with van der Waals surface area (Å²) in [6, 6.07) is 11.6. The molecule has 142 valence electrons. The summed E-state index contributed by atoms with van der Waals surface area (Å²) in [5.74, 6) is -0.767. The molecule has 6 heteroatoms. The second-order valence-electron chi connectivity index (χ2n) is 6.86. The molecule has 3 rings (SSSR count). The Balaban J connectivity index is 1.82. The molecule has 1 fully saturated rings. The van der Waals surface area contributed by atoms with Gasteiger partial charge in [0.05, 0.1) is 13.7 Å². The summed E-state index contributed by atoms with van der Waals surface area (Å²) >= 11 is 0. The lowest BCUT2D eigenvalue weighted by Gasteiger charge is -2.22. The van der Waals surface area contributed by atoms with Crippen LogP contribution in [-0.2, 0) is 23.3 Å². The maximum atomic E-state index is 13.9. The standard InChI is InChI=1S/C21H23FN2O3/c1-4-5-14-6-9-16(10-7-14)21(2)19(25)24(20(26)23-21)13-15-8-11-18(27-3)17(22)12-15/h6-12H,4-5,13H2,1-3H3,(H,23,26)/t21-/m0/s1. The quantitative estimate of drug-likeness (QED) is 0.788. The zero-order valence-electron chi connectivity index (χ0n) is 15.7. The third-order valence-corrected chi connectivity index (χ3v) is 4.90. The van der Waals surface area contributed by atoms with E-state index in [1.165, 1.54) is 24.8 Å². The number of nitrogens with one attached hydrogen (secondary N) is 1. The van der Waals surface area contributed by atoms with Crippen molar-refractivity contribution in [3.63, 3.8) is 0 Å². The monoisotopic (exact) mass is 370 g/mol. The number of aryl methyl sites for hydroxylation is 1. The van der Waals surface area contributed by atoms with E-state index in [-0.39, 0.29) is 18.2 Å². The van der Waals surface area contributed by atoms with Crippen molar-refractivity contribution in [2.75, 3.05) is 7.11 Å². The molecule has 27 heavy (non-hydrogen) atoms. The van der Waals surface area contributed by atoms with Crippen LogP contribution < -0.4 is 10.1 Å². The first-order chi connectivity index (χ1) is 12.9. The molecule has 5 nitrogen and oxygen atoms in total. The lowest BCUT2D eigenvalue weighted by Crippen LogP contribution is -2.40. The maximum absolute atomic E-state index is 13.9. The van der Waals surface area contributed by atoms with Crippen LogP contribution in [0.2, 0.25) is 0 Å². The van der Waals surface area contributed by atoms with E-state index in [9.17, 15) is 14.0 Å². The number of urea groups is 1. The van der Waals surface area contributed by atoms with Gasteiger partial charge in [0.1, 0.15) is 5.54 Å². The van der Waals surface area contributed by atoms with Crippen molar-refractivity contribution in [3.05, 3.63) is 65.0 Å². The van der Waals surface area contributed by atoms with Crippen molar-refractivity contribution in [3.8, 4) is 5.75 Å². The molecule has 1 saturated heterocycles. The van der Waals surface area contributed by atoms with Crippen LogP contribution in [0.4, 0.5) is 9.18 Å². The summed E-state index contributed by atoms with van der Waals surface area (Å²) in [7, 11) is 1.38. The van der Waals surface area contributed by atoms with Crippen molar-refractivity contribution in [1.29, 1.82) is 0 Å². The molecule has 1 aliphatic heterocycles. The lowest BCUT2D eigenvalue weighted by molar-refractivity contribution is -0.131. The largest absolute Gasteiger partial charge is 0.494 e. The Kier molecular flexibility index (Phi) is 5.17. The summed E-state index contributed by atoms with van der Waals surface area (Å²) in [4.78, 5) is 26.5. The molecule has 0 aliphatic carbocycles. The highest BCUT2D eigenvalue weighted by Gasteiger charge is 2.48. The molecular weight excluding hydrogens is 347 g/mol. The summed E-state index contributed by atoms with van der Waals surface area (Å²) in [5.41, 5.74) is 1.29. The number of hydrogen-bond acceptors (Lipinski definition) is 3. The van der Waals surface area contributed by atoms with Crippen LogP contribution in [0.1, 0.15) is 37.0 Å². The fraction of sp³-hybridized carbons (Fsp3) is 0.333. The summed E-state index contributed by atoms with van der Waals surface area (Å²) in [6.45, 7) is 3.79. The molecule has 1 aliphatic rings. The van der Waals surface area contributed by atoms with Gasteiger partial charge < -0.3 is 10.1 Å². The fourth-order valence-corrected chi connectivity index (χ4v) is 3.32. The number of ether oxygens (including phenoxy) is 1. The number of benzene rings is 2. The molecule has 0 saturated carbocycles. The van der Waals surface area contributed by atoms with Crippen LogP contribution in [0.3, 0.4) is 0 Å². The smallest absolute Gasteiger partial charge is 0.325 e. The summed E-state index contributed by atoms with van der Waals surface area (Å²) < 4.78 is 18.8. The number of imide groups is 1. The van der Waals surface area contributed by atoms with Gasteiger partial charge in [-0.05, 0) is 42.2 Å². The van der Waals surface area contributed by atoms with E-state index in [4.69, 9.17) is 4.74 Å². The van der Waals surface area contributed by atoms with Crippen molar-refractivity contribution < 1.29 is 18.7 Å². The molecule has 3 amide bonds. The van der Waals surface area contributed by atoms with Crippen LogP contribution in [0, 0.1) is 5.82 Å². The van der Waals surface area contributed by atoms with Gasteiger partial charge in [-0.1, -0.05) is 43.7 Å². The SMILES string of the molecule is CCCc1ccc([C@]2(C)NC(=O)N(Cc3ccc(OC)c(F)c3)C2=O)cc1. The van der Waals surface area contributed by atoms with Gasteiger partial charge in [-0.3, -0.25) is 9.69 Å². The van der Waals surface area contributed by atoms with Gasteiger partial charge in [-0.2, -0.15) is 0 Å². The number of carbonyl (C=O) groups is 2. The Morgan fingerprint density at radius 2 is 1.78 bits per heavy atom. The number of halogens is 1. The van der Waals surface area contributed by atoms with Crippen LogP contribution in [0.5, 0.6) is 5.75 Å². The first-order valence-electron chi connectivity index (χ1n) is 8.95.